The smallest absolute Gasteiger partial charge is 0.338 e. The van der Waals surface area contributed by atoms with Gasteiger partial charge in [-0.2, -0.15) is 0 Å². The van der Waals surface area contributed by atoms with Gasteiger partial charge in [-0.3, -0.25) is 4.79 Å². The highest BCUT2D eigenvalue weighted by Crippen LogP contribution is 2.21. The van der Waals surface area contributed by atoms with Crippen LogP contribution in [0.2, 0.25) is 0 Å². The van der Waals surface area contributed by atoms with Crippen LogP contribution in [0.15, 0.2) is 42.5 Å². The maximum absolute atomic E-state index is 12.6. The first-order valence-corrected chi connectivity index (χ1v) is 8.77. The molecule has 0 bridgehead atoms. The molecule has 1 unspecified atom stereocenters. The summed E-state index contributed by atoms with van der Waals surface area (Å²) in [6.07, 6.45) is -0.0552. The molecule has 2 aromatic rings. The van der Waals surface area contributed by atoms with Crippen LogP contribution in [0.1, 0.15) is 41.8 Å². The zero-order chi connectivity index (χ0) is 19.1. The van der Waals surface area contributed by atoms with E-state index in [1.807, 2.05) is 45.0 Å². The summed E-state index contributed by atoms with van der Waals surface area (Å²) in [5.74, 6) is 0.106. The third-order valence-corrected chi connectivity index (χ3v) is 4.02. The predicted molar refractivity (Wildman–Crippen MR) is 102 cm³/mol. The van der Waals surface area contributed by atoms with Gasteiger partial charge in [0.05, 0.1) is 12.2 Å². The van der Waals surface area contributed by atoms with Gasteiger partial charge < -0.3 is 14.8 Å². The van der Waals surface area contributed by atoms with E-state index in [0.717, 1.165) is 11.1 Å². The monoisotopic (exact) mass is 355 g/mol. The molecule has 0 saturated heterocycles. The van der Waals surface area contributed by atoms with Crippen LogP contribution in [0.4, 0.5) is 5.69 Å². The van der Waals surface area contributed by atoms with Gasteiger partial charge in [0.25, 0.3) is 5.91 Å². The SMILES string of the molecule is CCOC(=O)c1ccc(NC(=O)C(CC)Oc2ccccc2C)c(C)c1. The number of hydrogen-bond acceptors (Lipinski definition) is 4. The number of carbonyl (C=O) groups is 2. The number of anilines is 1. The average Bonchev–Trinajstić information content (AvgIpc) is 2.62. The van der Waals surface area contributed by atoms with Crippen molar-refractivity contribution in [1.82, 2.24) is 0 Å². The summed E-state index contributed by atoms with van der Waals surface area (Å²) in [7, 11) is 0. The Labute approximate surface area is 154 Å². The summed E-state index contributed by atoms with van der Waals surface area (Å²) in [6, 6.07) is 12.7. The van der Waals surface area contributed by atoms with Gasteiger partial charge in [-0.25, -0.2) is 4.79 Å². The van der Waals surface area contributed by atoms with Gasteiger partial charge in [0.15, 0.2) is 6.10 Å². The lowest BCUT2D eigenvalue weighted by Crippen LogP contribution is -2.32. The highest BCUT2D eigenvalue weighted by Gasteiger charge is 2.20. The van der Waals surface area contributed by atoms with Crippen molar-refractivity contribution in [2.24, 2.45) is 0 Å². The van der Waals surface area contributed by atoms with Crippen molar-refractivity contribution in [1.29, 1.82) is 0 Å². The van der Waals surface area contributed by atoms with Crippen LogP contribution in [0.25, 0.3) is 0 Å². The van der Waals surface area contributed by atoms with Crippen LogP contribution < -0.4 is 10.1 Å². The van der Waals surface area contributed by atoms with Crippen molar-refractivity contribution < 1.29 is 19.1 Å². The number of amides is 1. The highest BCUT2D eigenvalue weighted by molar-refractivity contribution is 5.96. The maximum Gasteiger partial charge on any atom is 0.338 e. The topological polar surface area (TPSA) is 64.6 Å². The van der Waals surface area contributed by atoms with Crippen molar-refractivity contribution in [3.05, 3.63) is 59.2 Å². The van der Waals surface area contributed by atoms with E-state index in [2.05, 4.69) is 5.32 Å². The second-order valence-electron chi connectivity index (χ2n) is 6.02. The molecular formula is C21H25NO4. The van der Waals surface area contributed by atoms with Crippen LogP contribution in [-0.4, -0.2) is 24.6 Å². The van der Waals surface area contributed by atoms with Crippen LogP contribution in [0.3, 0.4) is 0 Å². The van der Waals surface area contributed by atoms with Gasteiger partial charge in [-0.05, 0) is 62.6 Å². The second-order valence-corrected chi connectivity index (χ2v) is 6.02. The van der Waals surface area contributed by atoms with E-state index >= 15 is 0 Å². The number of aryl methyl sites for hydroxylation is 2. The molecule has 0 radical (unpaired) electrons. The van der Waals surface area contributed by atoms with Crippen LogP contribution >= 0.6 is 0 Å². The zero-order valence-corrected chi connectivity index (χ0v) is 15.7. The van der Waals surface area contributed by atoms with Gasteiger partial charge in [0, 0.05) is 5.69 Å². The van der Waals surface area contributed by atoms with Crippen molar-refractivity contribution in [3.63, 3.8) is 0 Å². The van der Waals surface area contributed by atoms with Gasteiger partial charge >= 0.3 is 5.97 Å². The minimum absolute atomic E-state index is 0.220. The lowest BCUT2D eigenvalue weighted by molar-refractivity contribution is -0.122. The Kier molecular flexibility index (Phi) is 6.78. The molecule has 138 valence electrons. The molecule has 2 aromatic carbocycles. The Morgan fingerprint density at radius 1 is 1.04 bits per heavy atom. The fraction of sp³-hybridized carbons (Fsp3) is 0.333. The normalized spacial score (nSPS) is 11.5. The molecule has 26 heavy (non-hydrogen) atoms. The first-order chi connectivity index (χ1) is 12.5. The van der Waals surface area contributed by atoms with Crippen LogP contribution in [0, 0.1) is 13.8 Å². The van der Waals surface area contributed by atoms with Gasteiger partial charge in [-0.15, -0.1) is 0 Å². The van der Waals surface area contributed by atoms with Crippen molar-refractivity contribution >= 4 is 17.6 Å². The summed E-state index contributed by atoms with van der Waals surface area (Å²) in [4.78, 5) is 24.4. The standard InChI is InChI=1S/C21H25NO4/c1-5-18(26-19-10-8-7-9-14(19)3)20(23)22-17-12-11-16(13-15(17)4)21(24)25-6-2/h7-13,18H,5-6H2,1-4H3,(H,22,23). The first kappa shape index (κ1) is 19.5. The van der Waals surface area contributed by atoms with Crippen molar-refractivity contribution in [2.75, 3.05) is 11.9 Å². The van der Waals surface area contributed by atoms with Gasteiger partial charge in [0.2, 0.25) is 0 Å². The fourth-order valence-electron chi connectivity index (χ4n) is 2.52. The number of benzene rings is 2. The van der Waals surface area contributed by atoms with E-state index in [4.69, 9.17) is 9.47 Å². The fourth-order valence-corrected chi connectivity index (χ4v) is 2.52. The summed E-state index contributed by atoms with van der Waals surface area (Å²) in [5, 5.41) is 2.88. The third-order valence-electron chi connectivity index (χ3n) is 4.02. The van der Waals surface area contributed by atoms with E-state index in [1.54, 1.807) is 25.1 Å². The minimum Gasteiger partial charge on any atom is -0.480 e. The number of esters is 1. The number of carbonyl (C=O) groups excluding carboxylic acids is 2. The summed E-state index contributed by atoms with van der Waals surface area (Å²) in [6.45, 7) is 7.77. The minimum atomic E-state index is -0.597. The molecule has 1 N–H and O–H groups in total. The molecular weight excluding hydrogens is 330 g/mol. The molecule has 0 aliphatic carbocycles. The molecule has 5 nitrogen and oxygen atoms in total. The van der Waals surface area contributed by atoms with Crippen LogP contribution in [0.5, 0.6) is 5.75 Å². The van der Waals surface area contributed by atoms with Crippen LogP contribution in [-0.2, 0) is 9.53 Å². The van der Waals surface area contributed by atoms with E-state index in [9.17, 15) is 9.59 Å². The molecule has 1 atom stereocenters. The van der Waals surface area contributed by atoms with Gasteiger partial charge in [-0.1, -0.05) is 25.1 Å². The Morgan fingerprint density at radius 3 is 2.38 bits per heavy atom. The summed E-state index contributed by atoms with van der Waals surface area (Å²) < 4.78 is 10.9. The zero-order valence-electron chi connectivity index (χ0n) is 15.7. The Morgan fingerprint density at radius 2 is 1.77 bits per heavy atom. The molecule has 0 heterocycles. The third kappa shape index (κ3) is 4.85. The Hall–Kier alpha value is -2.82. The summed E-state index contributed by atoms with van der Waals surface area (Å²) >= 11 is 0. The Bertz CT molecular complexity index is 785. The molecule has 1 amide bonds. The largest absolute Gasteiger partial charge is 0.480 e. The first-order valence-electron chi connectivity index (χ1n) is 8.77. The van der Waals surface area contributed by atoms with Crippen molar-refractivity contribution in [2.45, 2.75) is 40.2 Å². The predicted octanol–water partition coefficient (Wildman–Crippen LogP) is 4.28. The number of ether oxygens (including phenoxy) is 2. The van der Waals surface area contributed by atoms with Gasteiger partial charge in [0.1, 0.15) is 5.75 Å². The molecule has 0 spiro atoms. The molecule has 0 aliphatic heterocycles. The van der Waals surface area contributed by atoms with E-state index in [0.29, 0.717) is 30.0 Å². The molecule has 2 rings (SSSR count). The average molecular weight is 355 g/mol. The molecule has 0 aliphatic rings. The molecule has 5 heteroatoms. The second kappa shape index (κ2) is 9.04. The molecule has 0 aromatic heterocycles. The van der Waals surface area contributed by atoms with E-state index < -0.39 is 6.10 Å². The van der Waals surface area contributed by atoms with Crippen molar-refractivity contribution in [3.8, 4) is 5.75 Å². The number of nitrogens with one attached hydrogen (secondary N) is 1. The molecule has 0 fully saturated rings. The highest BCUT2D eigenvalue weighted by atomic mass is 16.5. The lowest BCUT2D eigenvalue weighted by atomic mass is 10.1. The quantitative estimate of drug-likeness (QED) is 0.753. The number of para-hydroxylation sites is 1. The number of hydrogen-bond donors (Lipinski definition) is 1. The maximum atomic E-state index is 12.6. The van der Waals surface area contributed by atoms with E-state index in [1.165, 1.54) is 0 Å². The summed E-state index contributed by atoms with van der Waals surface area (Å²) in [5.41, 5.74) is 2.88. The van der Waals surface area contributed by atoms with E-state index in [-0.39, 0.29) is 11.9 Å². The lowest BCUT2D eigenvalue weighted by Gasteiger charge is -2.19. The number of rotatable bonds is 7. The Balaban J connectivity index is 2.10. The molecule has 0 saturated carbocycles.